The molecule has 0 aliphatic rings. The number of hydrazone groups is 1. The summed E-state index contributed by atoms with van der Waals surface area (Å²) in [4.78, 5) is 25.7. The highest BCUT2D eigenvalue weighted by atomic mass is 16.5. The molecule has 156 valence electrons. The third kappa shape index (κ3) is 4.51. The lowest BCUT2D eigenvalue weighted by Gasteiger charge is -2.14. The number of carbonyl (C=O) groups is 1. The smallest absolute Gasteiger partial charge is 0.280 e. The van der Waals surface area contributed by atoms with E-state index >= 15 is 0 Å². The van der Waals surface area contributed by atoms with Crippen LogP contribution in [0.15, 0.2) is 58.4 Å². The zero-order chi connectivity index (χ0) is 21.5. The van der Waals surface area contributed by atoms with Crippen molar-refractivity contribution in [3.05, 3.63) is 70.0 Å². The highest BCUT2D eigenvalue weighted by Gasteiger charge is 2.21. The maximum absolute atomic E-state index is 13.0. The summed E-state index contributed by atoms with van der Waals surface area (Å²) in [7, 11) is 1.58. The van der Waals surface area contributed by atoms with Crippen LogP contribution in [0.25, 0.3) is 10.9 Å². The van der Waals surface area contributed by atoms with Crippen LogP contribution in [0.1, 0.15) is 42.1 Å². The Hall–Kier alpha value is -3.61. The number of fused-ring (bicyclic) bond motifs is 1. The first-order valence-corrected chi connectivity index (χ1v) is 9.88. The molecule has 0 atom stereocenters. The van der Waals surface area contributed by atoms with E-state index in [1.165, 1.54) is 6.21 Å². The minimum atomic E-state index is -0.753. The fourth-order valence-corrected chi connectivity index (χ4v) is 3.25. The number of nitrogens with zero attached hydrogens (tertiary/aromatic N) is 2. The van der Waals surface area contributed by atoms with Crippen LogP contribution in [0, 0.1) is 0 Å². The van der Waals surface area contributed by atoms with Gasteiger partial charge < -0.3 is 14.4 Å². The highest BCUT2D eigenvalue weighted by molar-refractivity contribution is 6.02. The van der Waals surface area contributed by atoms with E-state index in [1.807, 2.05) is 0 Å². The summed E-state index contributed by atoms with van der Waals surface area (Å²) < 4.78 is 6.65. The van der Waals surface area contributed by atoms with Crippen molar-refractivity contribution in [3.8, 4) is 11.5 Å². The summed E-state index contributed by atoms with van der Waals surface area (Å²) in [5.41, 5.74) is 2.86. The first kappa shape index (κ1) is 21.1. The molecule has 0 fully saturated rings. The van der Waals surface area contributed by atoms with Crippen molar-refractivity contribution < 1.29 is 14.6 Å². The van der Waals surface area contributed by atoms with Gasteiger partial charge in [-0.05, 0) is 48.4 Å². The molecule has 1 amide bonds. The molecule has 0 aliphatic carbocycles. The van der Waals surface area contributed by atoms with E-state index in [4.69, 9.17) is 4.74 Å². The molecule has 2 N–H and O–H groups in total. The number of para-hydroxylation sites is 1. The standard InChI is InChI=1S/C23H25N3O4/c1-3-4-7-14-26-19-9-6-5-8-18(19)21(27)20(23(26)29)22(28)25-24-15-16-10-12-17(30-2)13-11-16/h5-6,8-13,15,27H,3-4,7,14H2,1-2H3,(H,25,28). The number of aryl methyl sites for hydroxylation is 1. The molecular formula is C23H25N3O4. The van der Waals surface area contributed by atoms with Crippen LogP contribution < -0.4 is 15.7 Å². The number of pyridine rings is 1. The van der Waals surface area contributed by atoms with Crippen molar-refractivity contribution in [2.75, 3.05) is 7.11 Å². The SMILES string of the molecule is CCCCCn1c(=O)c(C(=O)NN=Cc2ccc(OC)cc2)c(O)c2ccccc21. The van der Waals surface area contributed by atoms with Crippen molar-refractivity contribution in [2.24, 2.45) is 5.10 Å². The number of ether oxygens (including phenoxy) is 1. The van der Waals surface area contributed by atoms with Gasteiger partial charge in [0.1, 0.15) is 17.1 Å². The van der Waals surface area contributed by atoms with Gasteiger partial charge in [-0.3, -0.25) is 9.59 Å². The Balaban J connectivity index is 1.90. The lowest BCUT2D eigenvalue weighted by atomic mass is 10.1. The minimum Gasteiger partial charge on any atom is -0.506 e. The molecule has 2 aromatic carbocycles. The van der Waals surface area contributed by atoms with Crippen LogP contribution in [-0.2, 0) is 6.54 Å². The van der Waals surface area contributed by atoms with E-state index in [2.05, 4.69) is 17.5 Å². The van der Waals surface area contributed by atoms with Crippen LogP contribution in [0.2, 0.25) is 0 Å². The Kier molecular flexibility index (Phi) is 6.85. The summed E-state index contributed by atoms with van der Waals surface area (Å²) in [5, 5.41) is 15.0. The molecule has 0 saturated carbocycles. The molecule has 30 heavy (non-hydrogen) atoms. The zero-order valence-corrected chi connectivity index (χ0v) is 17.1. The number of amides is 1. The maximum Gasteiger partial charge on any atom is 0.280 e. The van der Waals surface area contributed by atoms with Gasteiger partial charge in [0, 0.05) is 11.9 Å². The van der Waals surface area contributed by atoms with Gasteiger partial charge in [0.25, 0.3) is 11.5 Å². The summed E-state index contributed by atoms with van der Waals surface area (Å²) in [5.74, 6) is -0.377. The number of benzene rings is 2. The van der Waals surface area contributed by atoms with Crippen molar-refractivity contribution in [2.45, 2.75) is 32.7 Å². The van der Waals surface area contributed by atoms with E-state index < -0.39 is 11.5 Å². The number of nitrogens with one attached hydrogen (secondary N) is 1. The normalized spacial score (nSPS) is 11.1. The van der Waals surface area contributed by atoms with Crippen LogP contribution >= 0.6 is 0 Å². The van der Waals surface area contributed by atoms with Crippen molar-refractivity contribution in [3.63, 3.8) is 0 Å². The molecule has 7 heteroatoms. The Morgan fingerprint density at radius 2 is 1.90 bits per heavy atom. The topological polar surface area (TPSA) is 92.9 Å². The molecule has 0 aliphatic heterocycles. The predicted octanol–water partition coefficient (Wildman–Crippen LogP) is 3.67. The van der Waals surface area contributed by atoms with Crippen LogP contribution in [0.5, 0.6) is 11.5 Å². The molecule has 3 aromatic rings. The predicted molar refractivity (Wildman–Crippen MR) is 117 cm³/mol. The number of methoxy groups -OCH3 is 1. The first-order valence-electron chi connectivity index (χ1n) is 9.88. The molecule has 0 bridgehead atoms. The van der Waals surface area contributed by atoms with Crippen molar-refractivity contribution in [1.82, 2.24) is 9.99 Å². The molecule has 0 saturated heterocycles. The quantitative estimate of drug-likeness (QED) is 0.338. The Bertz CT molecular complexity index is 1120. The molecule has 0 unspecified atom stereocenters. The lowest BCUT2D eigenvalue weighted by molar-refractivity contribution is 0.0950. The molecule has 1 heterocycles. The second-order valence-electron chi connectivity index (χ2n) is 6.88. The molecule has 0 radical (unpaired) electrons. The highest BCUT2D eigenvalue weighted by Crippen LogP contribution is 2.26. The molecule has 0 spiro atoms. The lowest BCUT2D eigenvalue weighted by Crippen LogP contribution is -2.31. The van der Waals surface area contributed by atoms with Crippen LogP contribution in [0.3, 0.4) is 0 Å². The number of carbonyl (C=O) groups excluding carboxylic acids is 1. The van der Waals surface area contributed by atoms with Gasteiger partial charge in [0.15, 0.2) is 0 Å². The monoisotopic (exact) mass is 407 g/mol. The maximum atomic E-state index is 13.0. The molecule has 7 nitrogen and oxygen atoms in total. The Labute approximate surface area is 174 Å². The number of hydrogen-bond acceptors (Lipinski definition) is 5. The second kappa shape index (κ2) is 9.73. The summed E-state index contributed by atoms with van der Waals surface area (Å²) in [6.07, 6.45) is 4.24. The number of hydrogen-bond donors (Lipinski definition) is 2. The average Bonchev–Trinajstić information content (AvgIpc) is 2.76. The molecule has 1 aromatic heterocycles. The second-order valence-corrected chi connectivity index (χ2v) is 6.88. The fraction of sp³-hybridized carbons (Fsp3) is 0.261. The van der Waals surface area contributed by atoms with Gasteiger partial charge in [-0.2, -0.15) is 5.10 Å². The number of aromatic nitrogens is 1. The van der Waals surface area contributed by atoms with E-state index in [1.54, 1.807) is 60.2 Å². The fourth-order valence-electron chi connectivity index (χ4n) is 3.25. The third-order valence-electron chi connectivity index (χ3n) is 4.85. The Morgan fingerprint density at radius 3 is 2.60 bits per heavy atom. The number of rotatable bonds is 8. The third-order valence-corrected chi connectivity index (χ3v) is 4.85. The molecule has 3 rings (SSSR count). The van der Waals surface area contributed by atoms with Crippen LogP contribution in [0.4, 0.5) is 0 Å². The van der Waals surface area contributed by atoms with Gasteiger partial charge in [-0.15, -0.1) is 0 Å². The summed E-state index contributed by atoms with van der Waals surface area (Å²) >= 11 is 0. The number of aromatic hydroxyl groups is 1. The summed E-state index contributed by atoms with van der Waals surface area (Å²) in [6.45, 7) is 2.56. The Morgan fingerprint density at radius 1 is 1.17 bits per heavy atom. The van der Waals surface area contributed by atoms with Gasteiger partial charge in [0.05, 0.1) is 18.8 Å². The van der Waals surface area contributed by atoms with Gasteiger partial charge in [0.2, 0.25) is 0 Å². The minimum absolute atomic E-state index is 0.308. The zero-order valence-electron chi connectivity index (χ0n) is 17.1. The van der Waals surface area contributed by atoms with Gasteiger partial charge >= 0.3 is 0 Å². The van der Waals surface area contributed by atoms with Crippen molar-refractivity contribution >= 4 is 23.0 Å². The average molecular weight is 407 g/mol. The molecular weight excluding hydrogens is 382 g/mol. The van der Waals surface area contributed by atoms with E-state index in [9.17, 15) is 14.7 Å². The van der Waals surface area contributed by atoms with E-state index in [0.717, 1.165) is 24.8 Å². The van der Waals surface area contributed by atoms with E-state index in [0.29, 0.717) is 23.2 Å². The van der Waals surface area contributed by atoms with Gasteiger partial charge in [-0.25, -0.2) is 5.43 Å². The van der Waals surface area contributed by atoms with Crippen LogP contribution in [-0.4, -0.2) is 28.9 Å². The van der Waals surface area contributed by atoms with Gasteiger partial charge in [-0.1, -0.05) is 31.9 Å². The summed E-state index contributed by atoms with van der Waals surface area (Å²) in [6, 6.07) is 14.1. The first-order chi connectivity index (χ1) is 14.6. The van der Waals surface area contributed by atoms with Crippen molar-refractivity contribution in [1.29, 1.82) is 0 Å². The van der Waals surface area contributed by atoms with E-state index in [-0.39, 0.29) is 11.3 Å². The number of unbranched alkanes of at least 4 members (excludes halogenated alkanes) is 2. The largest absolute Gasteiger partial charge is 0.506 e.